The van der Waals surface area contributed by atoms with E-state index < -0.39 is 0 Å². The van der Waals surface area contributed by atoms with Crippen molar-refractivity contribution in [2.45, 2.75) is 31.7 Å². The first-order valence-electron chi connectivity index (χ1n) is 10.9. The zero-order valence-electron chi connectivity index (χ0n) is 18.2. The Balaban J connectivity index is 1.34. The third-order valence-corrected chi connectivity index (χ3v) is 6.25. The van der Waals surface area contributed by atoms with Crippen LogP contribution < -0.4 is 14.8 Å². The van der Waals surface area contributed by atoms with Gasteiger partial charge >= 0.3 is 0 Å². The highest BCUT2D eigenvalue weighted by Gasteiger charge is 2.38. The first-order valence-corrected chi connectivity index (χ1v) is 10.9. The first-order chi connectivity index (χ1) is 15.1. The number of nitrogens with zero attached hydrogens (tertiary/aromatic N) is 1. The van der Waals surface area contributed by atoms with Crippen LogP contribution in [0.5, 0.6) is 11.5 Å². The van der Waals surface area contributed by atoms with E-state index in [4.69, 9.17) is 9.47 Å². The monoisotopic (exact) mass is 422 g/mol. The van der Waals surface area contributed by atoms with Crippen molar-refractivity contribution in [3.05, 3.63) is 59.7 Å². The van der Waals surface area contributed by atoms with Crippen molar-refractivity contribution in [3.8, 4) is 11.5 Å². The van der Waals surface area contributed by atoms with Crippen LogP contribution in [0.2, 0.25) is 0 Å². The average molecular weight is 423 g/mol. The molecule has 4 rings (SSSR count). The number of carbonyl (C=O) groups is 2. The van der Waals surface area contributed by atoms with Crippen molar-refractivity contribution in [1.82, 2.24) is 10.2 Å². The smallest absolute Gasteiger partial charge is 0.225 e. The molecule has 2 aromatic carbocycles. The van der Waals surface area contributed by atoms with Gasteiger partial charge in [-0.25, -0.2) is 0 Å². The number of benzene rings is 2. The molecule has 0 radical (unpaired) electrons. The molecule has 2 aromatic rings. The molecule has 1 saturated carbocycles. The SMILES string of the molecule is COc1ccc(CCN2C[C@@H](C(=O)N[C@H](c3ccccc3)C3CC3)CC2=O)cc1OC. The molecule has 1 heterocycles. The van der Waals surface area contributed by atoms with Crippen LogP contribution in [0.4, 0.5) is 0 Å². The standard InChI is InChI=1S/C25H30N2O4/c1-30-21-11-8-17(14-22(21)31-2)12-13-27-16-20(15-23(27)28)25(29)26-24(19-9-10-19)18-6-4-3-5-7-18/h3-8,11,14,19-20,24H,9-10,12-13,15-16H2,1-2H3,(H,26,29)/t20-,24+/m0/s1. The predicted octanol–water partition coefficient (Wildman–Crippen LogP) is 3.36. The van der Waals surface area contributed by atoms with E-state index in [0.717, 1.165) is 24.0 Å². The van der Waals surface area contributed by atoms with E-state index in [9.17, 15) is 9.59 Å². The number of likely N-dealkylation sites (tertiary alicyclic amines) is 1. The van der Waals surface area contributed by atoms with Gasteiger partial charge in [-0.2, -0.15) is 0 Å². The number of nitrogens with one attached hydrogen (secondary N) is 1. The van der Waals surface area contributed by atoms with Crippen molar-refractivity contribution in [2.75, 3.05) is 27.3 Å². The van der Waals surface area contributed by atoms with Gasteiger partial charge in [0.25, 0.3) is 0 Å². The highest BCUT2D eigenvalue weighted by Crippen LogP contribution is 2.41. The fraction of sp³-hybridized carbons (Fsp3) is 0.440. The maximum absolute atomic E-state index is 13.0. The fourth-order valence-electron chi connectivity index (χ4n) is 4.30. The summed E-state index contributed by atoms with van der Waals surface area (Å²) >= 11 is 0. The van der Waals surface area contributed by atoms with Crippen LogP contribution in [0.3, 0.4) is 0 Å². The summed E-state index contributed by atoms with van der Waals surface area (Å²) < 4.78 is 10.6. The van der Waals surface area contributed by atoms with Gasteiger partial charge in [-0.05, 0) is 48.4 Å². The first kappa shape index (κ1) is 21.2. The van der Waals surface area contributed by atoms with Crippen molar-refractivity contribution >= 4 is 11.8 Å². The summed E-state index contributed by atoms with van der Waals surface area (Å²) in [6.45, 7) is 1.06. The van der Waals surface area contributed by atoms with Gasteiger partial charge in [0.15, 0.2) is 11.5 Å². The summed E-state index contributed by atoms with van der Waals surface area (Å²) in [5.74, 6) is 1.61. The average Bonchev–Trinajstić information content (AvgIpc) is 3.58. The molecule has 6 nitrogen and oxygen atoms in total. The molecule has 1 aliphatic carbocycles. The number of hydrogen-bond acceptors (Lipinski definition) is 4. The van der Waals surface area contributed by atoms with Crippen molar-refractivity contribution in [3.63, 3.8) is 0 Å². The molecule has 31 heavy (non-hydrogen) atoms. The zero-order chi connectivity index (χ0) is 21.8. The molecule has 1 N–H and O–H groups in total. The minimum atomic E-state index is -0.289. The maximum Gasteiger partial charge on any atom is 0.225 e. The predicted molar refractivity (Wildman–Crippen MR) is 118 cm³/mol. The van der Waals surface area contributed by atoms with E-state index in [0.29, 0.717) is 36.9 Å². The molecule has 2 aliphatic rings. The second kappa shape index (κ2) is 9.41. The summed E-state index contributed by atoms with van der Waals surface area (Å²) in [6, 6.07) is 16.0. The highest BCUT2D eigenvalue weighted by atomic mass is 16.5. The second-order valence-electron chi connectivity index (χ2n) is 8.41. The summed E-state index contributed by atoms with van der Waals surface area (Å²) in [7, 11) is 3.22. The van der Waals surface area contributed by atoms with E-state index in [1.165, 1.54) is 0 Å². The van der Waals surface area contributed by atoms with Crippen LogP contribution >= 0.6 is 0 Å². The molecular weight excluding hydrogens is 392 g/mol. The van der Waals surface area contributed by atoms with Crippen molar-refractivity contribution in [1.29, 1.82) is 0 Å². The van der Waals surface area contributed by atoms with E-state index in [-0.39, 0.29) is 30.2 Å². The third kappa shape index (κ3) is 5.01. The Morgan fingerprint density at radius 3 is 2.52 bits per heavy atom. The van der Waals surface area contributed by atoms with Gasteiger partial charge in [0.05, 0.1) is 26.2 Å². The lowest BCUT2D eigenvalue weighted by molar-refractivity contribution is -0.129. The Hall–Kier alpha value is -3.02. The molecule has 2 atom stereocenters. The van der Waals surface area contributed by atoms with Crippen LogP contribution in [0.25, 0.3) is 0 Å². The van der Waals surface area contributed by atoms with Gasteiger partial charge in [-0.3, -0.25) is 9.59 Å². The summed E-state index contributed by atoms with van der Waals surface area (Å²) in [6.07, 6.45) is 3.26. The maximum atomic E-state index is 13.0. The van der Waals surface area contributed by atoms with Gasteiger partial charge < -0.3 is 19.7 Å². The Morgan fingerprint density at radius 2 is 1.84 bits per heavy atom. The van der Waals surface area contributed by atoms with Gasteiger partial charge in [-0.15, -0.1) is 0 Å². The topological polar surface area (TPSA) is 67.9 Å². The quantitative estimate of drug-likeness (QED) is 0.673. The number of hydrogen-bond donors (Lipinski definition) is 1. The fourth-order valence-corrected chi connectivity index (χ4v) is 4.30. The van der Waals surface area contributed by atoms with Gasteiger partial charge in [-0.1, -0.05) is 36.4 Å². The third-order valence-electron chi connectivity index (χ3n) is 6.25. The molecule has 1 saturated heterocycles. The molecule has 0 spiro atoms. The Labute approximate surface area is 183 Å². The van der Waals surface area contributed by atoms with E-state index in [2.05, 4.69) is 17.4 Å². The number of carbonyl (C=O) groups excluding carboxylic acids is 2. The van der Waals surface area contributed by atoms with Crippen LogP contribution in [-0.2, 0) is 16.0 Å². The number of rotatable bonds is 9. The minimum absolute atomic E-state index is 0.0114. The van der Waals surface area contributed by atoms with Crippen LogP contribution in [0.15, 0.2) is 48.5 Å². The summed E-state index contributed by atoms with van der Waals surface area (Å²) in [4.78, 5) is 27.3. The van der Waals surface area contributed by atoms with E-state index >= 15 is 0 Å². The molecule has 1 aliphatic heterocycles. The Bertz CT molecular complexity index is 926. The zero-order valence-corrected chi connectivity index (χ0v) is 18.2. The largest absolute Gasteiger partial charge is 0.493 e. The van der Waals surface area contributed by atoms with E-state index in [1.54, 1.807) is 19.1 Å². The highest BCUT2D eigenvalue weighted by molar-refractivity contribution is 5.89. The van der Waals surface area contributed by atoms with E-state index in [1.807, 2.05) is 36.4 Å². The lowest BCUT2D eigenvalue weighted by atomic mass is 10.0. The summed E-state index contributed by atoms with van der Waals surface area (Å²) in [5, 5.41) is 3.23. The number of methoxy groups -OCH3 is 2. The Kier molecular flexibility index (Phi) is 6.44. The molecule has 0 unspecified atom stereocenters. The summed E-state index contributed by atoms with van der Waals surface area (Å²) in [5.41, 5.74) is 2.21. The van der Waals surface area contributed by atoms with Crippen molar-refractivity contribution < 1.29 is 19.1 Å². The van der Waals surface area contributed by atoms with Crippen molar-refractivity contribution in [2.24, 2.45) is 11.8 Å². The normalized spacial score (nSPS) is 19.2. The van der Waals surface area contributed by atoms with Crippen LogP contribution in [0, 0.1) is 11.8 Å². The molecule has 0 bridgehead atoms. The second-order valence-corrected chi connectivity index (χ2v) is 8.41. The molecule has 0 aromatic heterocycles. The molecule has 164 valence electrons. The molecule has 2 amide bonds. The Morgan fingerprint density at radius 1 is 1.10 bits per heavy atom. The van der Waals surface area contributed by atoms with Gasteiger partial charge in [0, 0.05) is 19.5 Å². The molecular formula is C25H30N2O4. The molecule has 6 heteroatoms. The van der Waals surface area contributed by atoms with Gasteiger partial charge in [0.1, 0.15) is 0 Å². The van der Waals surface area contributed by atoms with Crippen LogP contribution in [-0.4, -0.2) is 44.0 Å². The number of amides is 2. The van der Waals surface area contributed by atoms with Crippen LogP contribution in [0.1, 0.15) is 36.4 Å². The lowest BCUT2D eigenvalue weighted by Gasteiger charge is -2.21. The minimum Gasteiger partial charge on any atom is -0.493 e. The van der Waals surface area contributed by atoms with Gasteiger partial charge in [0.2, 0.25) is 11.8 Å². The molecule has 2 fully saturated rings. The lowest BCUT2D eigenvalue weighted by Crippen LogP contribution is -2.36. The number of ether oxygens (including phenoxy) is 2.